The van der Waals surface area contributed by atoms with E-state index < -0.39 is 11.6 Å². The van der Waals surface area contributed by atoms with Crippen LogP contribution >= 0.6 is 0 Å². The molecule has 27 heavy (non-hydrogen) atoms. The van der Waals surface area contributed by atoms with Crippen LogP contribution in [0.5, 0.6) is 17.2 Å². The third-order valence-corrected chi connectivity index (χ3v) is 4.83. The van der Waals surface area contributed by atoms with Gasteiger partial charge in [-0.15, -0.1) is 0 Å². The summed E-state index contributed by atoms with van der Waals surface area (Å²) in [6.07, 6.45) is 7.92. The van der Waals surface area contributed by atoms with E-state index >= 15 is 0 Å². The molecular formula is C22H24O5. The number of carbonyl (C=O) groups is 1. The maximum Gasteiger partial charge on any atom is 0.339 e. The predicted octanol–water partition coefficient (Wildman–Crippen LogP) is 5.16. The van der Waals surface area contributed by atoms with Gasteiger partial charge in [0.15, 0.2) is 0 Å². The summed E-state index contributed by atoms with van der Waals surface area (Å²) in [7, 11) is 1.48. The van der Waals surface area contributed by atoms with Crippen molar-refractivity contribution in [2.24, 2.45) is 0 Å². The number of phenols is 1. The first-order chi connectivity index (χ1) is 12.8. The number of fused-ring (bicyclic) bond motifs is 3. The van der Waals surface area contributed by atoms with Gasteiger partial charge in [0.2, 0.25) is 0 Å². The number of aromatic hydroxyl groups is 1. The molecule has 0 spiro atoms. The Bertz CT molecular complexity index is 967. The van der Waals surface area contributed by atoms with Crippen LogP contribution in [0.4, 0.5) is 0 Å². The summed E-state index contributed by atoms with van der Waals surface area (Å²) in [6, 6.07) is 4.79. The normalized spacial score (nSPS) is 17.9. The van der Waals surface area contributed by atoms with Crippen LogP contribution in [0.3, 0.4) is 0 Å². The number of benzene rings is 2. The molecule has 1 aliphatic rings. The molecule has 0 aromatic heterocycles. The number of carboxylic acids is 1. The van der Waals surface area contributed by atoms with Crippen LogP contribution in [0, 0.1) is 0 Å². The van der Waals surface area contributed by atoms with Gasteiger partial charge < -0.3 is 19.7 Å². The molecule has 1 atom stereocenters. The van der Waals surface area contributed by atoms with Gasteiger partial charge in [-0.25, -0.2) is 4.79 Å². The summed E-state index contributed by atoms with van der Waals surface area (Å²) in [5.74, 6) is -0.403. The van der Waals surface area contributed by atoms with E-state index in [0.717, 1.165) is 18.4 Å². The van der Waals surface area contributed by atoms with E-state index in [9.17, 15) is 15.0 Å². The Morgan fingerprint density at radius 1 is 1.33 bits per heavy atom. The first kappa shape index (κ1) is 18.8. The molecule has 0 saturated carbocycles. The lowest BCUT2D eigenvalue weighted by Crippen LogP contribution is -2.31. The topological polar surface area (TPSA) is 76.0 Å². The number of carboxylic acid groups (broad SMARTS) is 1. The largest absolute Gasteiger partial charge is 0.506 e. The van der Waals surface area contributed by atoms with Crippen LogP contribution in [0.25, 0.3) is 16.8 Å². The van der Waals surface area contributed by atoms with E-state index in [-0.39, 0.29) is 11.3 Å². The van der Waals surface area contributed by atoms with Gasteiger partial charge >= 0.3 is 5.97 Å². The van der Waals surface area contributed by atoms with Gasteiger partial charge in [0.25, 0.3) is 0 Å². The minimum atomic E-state index is -1.20. The molecule has 142 valence electrons. The number of rotatable bonds is 5. The monoisotopic (exact) mass is 368 g/mol. The number of aromatic carboxylic acids is 1. The smallest absolute Gasteiger partial charge is 0.339 e. The lowest BCUT2D eigenvalue weighted by atomic mass is 9.91. The van der Waals surface area contributed by atoms with Crippen LogP contribution in [-0.2, 0) is 0 Å². The predicted molar refractivity (Wildman–Crippen MR) is 106 cm³/mol. The van der Waals surface area contributed by atoms with Crippen molar-refractivity contribution in [3.8, 4) is 17.2 Å². The number of methoxy groups -OCH3 is 1. The molecule has 1 aliphatic heterocycles. The lowest BCUT2D eigenvalue weighted by molar-refractivity contribution is 0.0693. The summed E-state index contributed by atoms with van der Waals surface area (Å²) < 4.78 is 11.7. The molecule has 0 fully saturated rings. The Hall–Kier alpha value is -2.95. The number of hydrogen-bond donors (Lipinski definition) is 2. The summed E-state index contributed by atoms with van der Waals surface area (Å²) >= 11 is 0. The molecule has 2 N–H and O–H groups in total. The number of allylic oxidation sites excluding steroid dienone is 2. The summed E-state index contributed by atoms with van der Waals surface area (Å²) in [6.45, 7) is 6.19. The van der Waals surface area contributed by atoms with E-state index in [4.69, 9.17) is 9.47 Å². The van der Waals surface area contributed by atoms with Crippen LogP contribution < -0.4 is 9.47 Å². The zero-order valence-corrected chi connectivity index (χ0v) is 16.0. The van der Waals surface area contributed by atoms with E-state index in [1.807, 2.05) is 19.1 Å². The van der Waals surface area contributed by atoms with Crippen molar-refractivity contribution in [3.05, 3.63) is 47.1 Å². The van der Waals surface area contributed by atoms with E-state index in [1.165, 1.54) is 18.7 Å². The molecule has 0 radical (unpaired) electrons. The molecule has 0 aliphatic carbocycles. The standard InChI is InChI=1S/C22H24O5/c1-13(2)6-5-10-22(3)11-9-14-17(27-22)8-7-15-19(14)18(26-4)12-16(20(15)23)21(24)25/h6-9,11-12,23H,5,10H2,1-4H3,(H,24,25). The third kappa shape index (κ3) is 3.50. The molecule has 3 rings (SSSR count). The quantitative estimate of drug-likeness (QED) is 0.713. The Labute approximate surface area is 158 Å². The Morgan fingerprint density at radius 2 is 2.07 bits per heavy atom. The highest BCUT2D eigenvalue weighted by Gasteiger charge is 2.29. The fourth-order valence-electron chi connectivity index (χ4n) is 3.39. The zero-order chi connectivity index (χ0) is 19.8. The van der Waals surface area contributed by atoms with Crippen LogP contribution in [0.2, 0.25) is 0 Å². The number of hydrogen-bond acceptors (Lipinski definition) is 4. The molecule has 0 bridgehead atoms. The molecule has 2 aromatic carbocycles. The Morgan fingerprint density at radius 3 is 2.70 bits per heavy atom. The highest BCUT2D eigenvalue weighted by atomic mass is 16.5. The highest BCUT2D eigenvalue weighted by Crippen LogP contribution is 2.44. The van der Waals surface area contributed by atoms with Crippen molar-refractivity contribution >= 4 is 22.8 Å². The molecule has 1 unspecified atom stereocenters. The van der Waals surface area contributed by atoms with Gasteiger partial charge in [0, 0.05) is 16.3 Å². The van der Waals surface area contributed by atoms with Gasteiger partial charge in [-0.3, -0.25) is 0 Å². The van der Waals surface area contributed by atoms with Crippen molar-refractivity contribution in [2.75, 3.05) is 7.11 Å². The average Bonchev–Trinajstić information content (AvgIpc) is 2.60. The SMILES string of the molecule is COc1cc(C(=O)O)c(O)c2ccc3c(c12)C=CC(C)(CCC=C(C)C)O3. The van der Waals surface area contributed by atoms with E-state index in [1.54, 1.807) is 12.1 Å². The van der Waals surface area contributed by atoms with Gasteiger partial charge in [-0.1, -0.05) is 17.7 Å². The van der Waals surface area contributed by atoms with Crippen LogP contribution in [0.15, 0.2) is 35.9 Å². The Balaban J connectivity index is 2.09. The van der Waals surface area contributed by atoms with Crippen LogP contribution in [-0.4, -0.2) is 28.9 Å². The van der Waals surface area contributed by atoms with Gasteiger partial charge in [-0.05, 0) is 57.9 Å². The third-order valence-electron chi connectivity index (χ3n) is 4.83. The van der Waals surface area contributed by atoms with Gasteiger partial charge in [0.1, 0.15) is 28.4 Å². The minimum absolute atomic E-state index is 0.188. The molecule has 5 heteroatoms. The van der Waals surface area contributed by atoms with Gasteiger partial charge in [0.05, 0.1) is 7.11 Å². The molecule has 0 amide bonds. The fourth-order valence-corrected chi connectivity index (χ4v) is 3.39. The highest BCUT2D eigenvalue weighted by molar-refractivity contribution is 6.07. The zero-order valence-electron chi connectivity index (χ0n) is 16.0. The molecule has 2 aromatic rings. The minimum Gasteiger partial charge on any atom is -0.506 e. The molecule has 0 saturated heterocycles. The fraction of sp³-hybridized carbons (Fsp3) is 0.318. The summed E-state index contributed by atoms with van der Waals surface area (Å²) in [4.78, 5) is 11.4. The summed E-state index contributed by atoms with van der Waals surface area (Å²) in [5, 5.41) is 20.8. The first-order valence-corrected chi connectivity index (χ1v) is 8.87. The van der Waals surface area contributed by atoms with Crippen molar-refractivity contribution in [1.29, 1.82) is 0 Å². The molecule has 5 nitrogen and oxygen atoms in total. The van der Waals surface area contributed by atoms with Crippen molar-refractivity contribution in [1.82, 2.24) is 0 Å². The first-order valence-electron chi connectivity index (χ1n) is 8.87. The summed E-state index contributed by atoms with van der Waals surface area (Å²) in [5.41, 5.74) is 1.44. The molecular weight excluding hydrogens is 344 g/mol. The number of ether oxygens (including phenoxy) is 2. The van der Waals surface area contributed by atoms with Crippen molar-refractivity contribution in [2.45, 2.75) is 39.2 Å². The second-order valence-corrected chi connectivity index (χ2v) is 7.25. The molecule has 1 heterocycles. The second-order valence-electron chi connectivity index (χ2n) is 7.25. The van der Waals surface area contributed by atoms with E-state index in [2.05, 4.69) is 19.9 Å². The van der Waals surface area contributed by atoms with Crippen molar-refractivity contribution in [3.63, 3.8) is 0 Å². The van der Waals surface area contributed by atoms with Gasteiger partial charge in [-0.2, -0.15) is 0 Å². The maximum absolute atomic E-state index is 11.4. The van der Waals surface area contributed by atoms with E-state index in [0.29, 0.717) is 22.3 Å². The second kappa shape index (κ2) is 6.99. The Kier molecular flexibility index (Phi) is 4.87. The maximum atomic E-state index is 11.4. The lowest BCUT2D eigenvalue weighted by Gasteiger charge is -2.32. The average molecular weight is 368 g/mol. The van der Waals surface area contributed by atoms with Crippen molar-refractivity contribution < 1.29 is 24.5 Å². The van der Waals surface area contributed by atoms with Crippen LogP contribution in [0.1, 0.15) is 49.5 Å².